The van der Waals surface area contributed by atoms with Crippen molar-refractivity contribution in [3.05, 3.63) is 24.3 Å². The molecular weight excluding hydrogens is 224 g/mol. The lowest BCUT2D eigenvalue weighted by Crippen LogP contribution is -2.42. The van der Waals surface area contributed by atoms with E-state index < -0.39 is 0 Å². The van der Waals surface area contributed by atoms with Crippen molar-refractivity contribution in [1.29, 1.82) is 0 Å². The number of aryl methyl sites for hydroxylation is 1. The maximum atomic E-state index is 4.56. The largest absolute Gasteiger partial charge is 0.365 e. The van der Waals surface area contributed by atoms with Crippen LogP contribution in [0.15, 0.2) is 24.3 Å². The lowest BCUT2D eigenvalue weighted by atomic mass is 10.2. The molecule has 0 unspecified atom stereocenters. The first-order valence-corrected chi connectivity index (χ1v) is 6.76. The maximum Gasteiger partial charge on any atom is 0.206 e. The van der Waals surface area contributed by atoms with Crippen LogP contribution < -0.4 is 10.1 Å². The summed E-state index contributed by atoms with van der Waals surface area (Å²) in [6.45, 7) is 6.14. The molecule has 1 aromatic carbocycles. The van der Waals surface area contributed by atoms with Crippen LogP contribution in [-0.2, 0) is 6.54 Å². The van der Waals surface area contributed by atoms with Crippen LogP contribution in [0.4, 0.5) is 5.82 Å². The number of benzene rings is 1. The standard InChI is InChI=1S/C14H21N4/c1-3-5-10-15-14-12-8-6-7-9-13(12)16-18(17-14)11-4-2/h6-9H,3-5,10-11H2,1-2H3,(H,15,16,17)/q+1. The van der Waals surface area contributed by atoms with E-state index in [4.69, 9.17) is 0 Å². The van der Waals surface area contributed by atoms with Gasteiger partial charge in [0.2, 0.25) is 12.4 Å². The van der Waals surface area contributed by atoms with Gasteiger partial charge < -0.3 is 5.32 Å². The highest BCUT2D eigenvalue weighted by atomic mass is 15.5. The lowest BCUT2D eigenvalue weighted by molar-refractivity contribution is -0.804. The molecule has 4 heteroatoms. The van der Waals surface area contributed by atoms with E-state index in [1.54, 1.807) is 4.80 Å². The molecule has 0 aliphatic carbocycles. The van der Waals surface area contributed by atoms with E-state index >= 15 is 0 Å². The Bertz CT molecular complexity index is 510. The number of nitrogens with one attached hydrogen (secondary N) is 1. The Kier molecular flexibility index (Phi) is 4.45. The molecule has 2 aromatic rings. The van der Waals surface area contributed by atoms with Gasteiger partial charge in [-0.25, -0.2) is 0 Å². The van der Waals surface area contributed by atoms with Crippen molar-refractivity contribution in [2.45, 2.75) is 39.7 Å². The first-order valence-electron chi connectivity index (χ1n) is 6.76. The zero-order chi connectivity index (χ0) is 12.8. The first-order chi connectivity index (χ1) is 8.85. The number of aromatic nitrogens is 3. The number of rotatable bonds is 6. The van der Waals surface area contributed by atoms with Crippen molar-refractivity contribution in [2.24, 2.45) is 0 Å². The minimum Gasteiger partial charge on any atom is -0.365 e. The number of hydrogen-bond donors (Lipinski definition) is 1. The summed E-state index contributed by atoms with van der Waals surface area (Å²) in [6, 6.07) is 8.15. The summed E-state index contributed by atoms with van der Waals surface area (Å²) in [4.78, 5) is 1.79. The molecule has 0 saturated heterocycles. The third-order valence-electron chi connectivity index (χ3n) is 2.84. The number of hydrogen-bond acceptors (Lipinski definition) is 3. The molecule has 1 N–H and O–H groups in total. The van der Waals surface area contributed by atoms with Crippen LogP contribution in [0, 0.1) is 0 Å². The molecule has 4 nitrogen and oxygen atoms in total. The fraction of sp³-hybridized carbons (Fsp3) is 0.500. The van der Waals surface area contributed by atoms with Crippen LogP contribution in [0.5, 0.6) is 0 Å². The Morgan fingerprint density at radius 1 is 1.11 bits per heavy atom. The molecule has 0 aliphatic heterocycles. The van der Waals surface area contributed by atoms with Gasteiger partial charge in [0.1, 0.15) is 5.52 Å². The molecular formula is C14H21N4+. The maximum absolute atomic E-state index is 4.56. The molecule has 0 aliphatic rings. The summed E-state index contributed by atoms with van der Waals surface area (Å²) < 4.78 is 0. The molecule has 96 valence electrons. The number of nitrogens with zero attached hydrogens (tertiary/aromatic N) is 3. The minimum absolute atomic E-state index is 0.854. The molecule has 0 saturated carbocycles. The highest BCUT2D eigenvalue weighted by Crippen LogP contribution is 2.16. The van der Waals surface area contributed by atoms with Crippen LogP contribution in [-0.4, -0.2) is 16.7 Å². The van der Waals surface area contributed by atoms with E-state index in [1.165, 1.54) is 6.42 Å². The molecule has 0 spiro atoms. The Labute approximate surface area is 108 Å². The highest BCUT2D eigenvalue weighted by Gasteiger charge is 2.12. The van der Waals surface area contributed by atoms with Crippen molar-refractivity contribution in [2.75, 3.05) is 11.9 Å². The normalized spacial score (nSPS) is 10.8. The predicted octanol–water partition coefficient (Wildman–Crippen LogP) is 2.54. The van der Waals surface area contributed by atoms with E-state index in [9.17, 15) is 0 Å². The molecule has 1 heterocycles. The van der Waals surface area contributed by atoms with Crippen molar-refractivity contribution >= 4 is 16.7 Å². The molecule has 18 heavy (non-hydrogen) atoms. The SMILES string of the molecule is CCCCNc1n[n+](CCC)nc2ccccc12. The Morgan fingerprint density at radius 3 is 2.72 bits per heavy atom. The Hall–Kier alpha value is -1.71. The monoisotopic (exact) mass is 245 g/mol. The number of fused-ring (bicyclic) bond motifs is 1. The third-order valence-corrected chi connectivity index (χ3v) is 2.84. The van der Waals surface area contributed by atoms with E-state index in [0.29, 0.717) is 0 Å². The molecule has 0 atom stereocenters. The van der Waals surface area contributed by atoms with Gasteiger partial charge in [0.15, 0.2) is 0 Å². The van der Waals surface area contributed by atoms with Gasteiger partial charge in [-0.15, -0.1) is 0 Å². The summed E-state index contributed by atoms with van der Waals surface area (Å²) in [5.41, 5.74) is 1.000. The zero-order valence-corrected chi connectivity index (χ0v) is 11.2. The number of anilines is 1. The van der Waals surface area contributed by atoms with Gasteiger partial charge in [0.05, 0.1) is 5.39 Å². The highest BCUT2D eigenvalue weighted by molar-refractivity contribution is 5.87. The van der Waals surface area contributed by atoms with Crippen LogP contribution in [0.25, 0.3) is 10.9 Å². The second kappa shape index (κ2) is 6.28. The summed E-state index contributed by atoms with van der Waals surface area (Å²) in [7, 11) is 0. The Morgan fingerprint density at radius 2 is 1.94 bits per heavy atom. The van der Waals surface area contributed by atoms with Gasteiger partial charge in [-0.05, 0) is 18.6 Å². The molecule has 0 bridgehead atoms. The van der Waals surface area contributed by atoms with E-state index in [0.717, 1.165) is 42.7 Å². The summed E-state index contributed by atoms with van der Waals surface area (Å²) in [5.74, 6) is 0.947. The molecule has 0 radical (unpaired) electrons. The molecule has 1 aromatic heterocycles. The minimum atomic E-state index is 0.854. The van der Waals surface area contributed by atoms with Crippen LogP contribution in [0.3, 0.4) is 0 Å². The lowest BCUT2D eigenvalue weighted by Gasteiger charge is -2.05. The van der Waals surface area contributed by atoms with Crippen LogP contribution in [0.1, 0.15) is 33.1 Å². The average molecular weight is 245 g/mol. The molecule has 2 rings (SSSR count). The van der Waals surface area contributed by atoms with Crippen molar-refractivity contribution in [3.63, 3.8) is 0 Å². The van der Waals surface area contributed by atoms with Gasteiger partial charge in [-0.2, -0.15) is 0 Å². The van der Waals surface area contributed by atoms with Gasteiger partial charge in [-0.1, -0.05) is 32.4 Å². The zero-order valence-electron chi connectivity index (χ0n) is 11.2. The predicted molar refractivity (Wildman–Crippen MR) is 73.4 cm³/mol. The first kappa shape index (κ1) is 12.7. The van der Waals surface area contributed by atoms with Gasteiger partial charge >= 0.3 is 0 Å². The fourth-order valence-electron chi connectivity index (χ4n) is 1.89. The second-order valence-electron chi connectivity index (χ2n) is 4.44. The van der Waals surface area contributed by atoms with Crippen molar-refractivity contribution in [3.8, 4) is 0 Å². The summed E-state index contributed by atoms with van der Waals surface area (Å²) in [5, 5.41) is 13.6. The summed E-state index contributed by atoms with van der Waals surface area (Å²) >= 11 is 0. The van der Waals surface area contributed by atoms with Crippen molar-refractivity contribution < 1.29 is 4.80 Å². The topological polar surface area (TPSA) is 41.7 Å². The number of unbranched alkanes of at least 4 members (excludes halogenated alkanes) is 1. The van der Waals surface area contributed by atoms with Crippen molar-refractivity contribution in [1.82, 2.24) is 10.2 Å². The second-order valence-corrected chi connectivity index (χ2v) is 4.44. The van der Waals surface area contributed by atoms with Gasteiger partial charge in [0.25, 0.3) is 0 Å². The van der Waals surface area contributed by atoms with Gasteiger partial charge in [0, 0.05) is 28.0 Å². The third kappa shape index (κ3) is 2.94. The fourth-order valence-corrected chi connectivity index (χ4v) is 1.89. The summed E-state index contributed by atoms with van der Waals surface area (Å²) in [6.07, 6.45) is 3.38. The smallest absolute Gasteiger partial charge is 0.206 e. The van der Waals surface area contributed by atoms with E-state index in [2.05, 4.69) is 35.4 Å². The average Bonchev–Trinajstić information content (AvgIpc) is 2.39. The van der Waals surface area contributed by atoms with E-state index in [1.807, 2.05) is 18.2 Å². The van der Waals surface area contributed by atoms with E-state index in [-0.39, 0.29) is 0 Å². The quantitative estimate of drug-likeness (QED) is 0.628. The molecule has 0 fully saturated rings. The van der Waals surface area contributed by atoms with Crippen LogP contribution >= 0.6 is 0 Å². The Balaban J connectivity index is 2.34. The van der Waals surface area contributed by atoms with Crippen LogP contribution in [0.2, 0.25) is 0 Å². The molecule has 0 amide bonds. The van der Waals surface area contributed by atoms with Gasteiger partial charge in [-0.3, -0.25) is 0 Å².